The molecule has 1 aliphatic carbocycles. The van der Waals surface area contributed by atoms with Crippen LogP contribution in [-0.2, 0) is 9.47 Å². The molecule has 3 rings (SSSR count). The van der Waals surface area contributed by atoms with Gasteiger partial charge in [-0.05, 0) is 19.3 Å². The van der Waals surface area contributed by atoms with Crippen LogP contribution in [0.15, 0.2) is 12.2 Å². The van der Waals surface area contributed by atoms with E-state index in [4.69, 9.17) is 9.47 Å². The fourth-order valence-electron chi connectivity index (χ4n) is 3.29. The molecule has 90 valence electrons. The van der Waals surface area contributed by atoms with Gasteiger partial charge < -0.3 is 14.6 Å². The Morgan fingerprint density at radius 1 is 1.44 bits per heavy atom. The minimum absolute atomic E-state index is 0.0459. The van der Waals surface area contributed by atoms with Gasteiger partial charge in [0, 0.05) is 6.42 Å². The van der Waals surface area contributed by atoms with Crippen molar-refractivity contribution < 1.29 is 14.6 Å². The molecule has 0 aromatic heterocycles. The molecule has 2 unspecified atom stereocenters. The van der Waals surface area contributed by atoms with Gasteiger partial charge in [0.1, 0.15) is 5.60 Å². The van der Waals surface area contributed by atoms with Gasteiger partial charge in [-0.3, -0.25) is 0 Å². The van der Waals surface area contributed by atoms with Crippen LogP contribution in [0.4, 0.5) is 0 Å². The molecule has 2 saturated heterocycles. The highest BCUT2D eigenvalue weighted by Gasteiger charge is 2.54. The van der Waals surface area contributed by atoms with Crippen molar-refractivity contribution >= 4 is 0 Å². The Labute approximate surface area is 96.4 Å². The molecule has 3 nitrogen and oxygen atoms in total. The van der Waals surface area contributed by atoms with Gasteiger partial charge in [0.05, 0.1) is 24.4 Å². The summed E-state index contributed by atoms with van der Waals surface area (Å²) >= 11 is 0. The van der Waals surface area contributed by atoms with Crippen LogP contribution in [0.2, 0.25) is 0 Å². The molecular formula is C13H20O3. The largest absolute Gasteiger partial charge is 0.386 e. The van der Waals surface area contributed by atoms with Crippen LogP contribution < -0.4 is 0 Å². The van der Waals surface area contributed by atoms with E-state index in [0.717, 1.165) is 25.7 Å². The van der Waals surface area contributed by atoms with Crippen molar-refractivity contribution in [1.29, 1.82) is 0 Å². The molecule has 5 atom stereocenters. The maximum atomic E-state index is 9.74. The summed E-state index contributed by atoms with van der Waals surface area (Å²) in [5.41, 5.74) is -0.220. The first-order valence-electron chi connectivity index (χ1n) is 6.44. The van der Waals surface area contributed by atoms with Crippen LogP contribution >= 0.6 is 0 Å². The van der Waals surface area contributed by atoms with Crippen LogP contribution in [0.25, 0.3) is 0 Å². The molecule has 2 heterocycles. The maximum absolute atomic E-state index is 9.74. The zero-order chi connectivity index (χ0) is 11.2. The van der Waals surface area contributed by atoms with Crippen molar-refractivity contribution in [3.8, 4) is 0 Å². The van der Waals surface area contributed by atoms with Gasteiger partial charge in [0.2, 0.25) is 0 Å². The van der Waals surface area contributed by atoms with Crippen LogP contribution in [-0.4, -0.2) is 35.1 Å². The Balaban J connectivity index is 1.80. The zero-order valence-electron chi connectivity index (χ0n) is 9.76. The predicted molar refractivity (Wildman–Crippen MR) is 60.2 cm³/mol. The number of hydrogen-bond donors (Lipinski definition) is 1. The topological polar surface area (TPSA) is 38.7 Å². The zero-order valence-corrected chi connectivity index (χ0v) is 9.76. The second kappa shape index (κ2) is 3.83. The first-order chi connectivity index (χ1) is 7.73. The highest BCUT2D eigenvalue weighted by Crippen LogP contribution is 2.46. The Kier molecular flexibility index (Phi) is 2.57. The lowest BCUT2D eigenvalue weighted by Gasteiger charge is -2.40. The summed E-state index contributed by atoms with van der Waals surface area (Å²) in [5.74, 6) is 0. The van der Waals surface area contributed by atoms with E-state index < -0.39 is 6.10 Å². The van der Waals surface area contributed by atoms with E-state index in [1.54, 1.807) is 0 Å². The lowest BCUT2D eigenvalue weighted by atomic mass is 9.82. The van der Waals surface area contributed by atoms with Gasteiger partial charge in [-0.2, -0.15) is 0 Å². The molecule has 3 aliphatic rings. The van der Waals surface area contributed by atoms with Crippen molar-refractivity contribution in [2.75, 3.05) is 0 Å². The van der Waals surface area contributed by atoms with E-state index in [9.17, 15) is 5.11 Å². The van der Waals surface area contributed by atoms with E-state index >= 15 is 0 Å². The van der Waals surface area contributed by atoms with E-state index in [1.807, 2.05) is 12.2 Å². The molecule has 1 spiro atoms. The molecule has 0 aromatic rings. The molecule has 2 bridgehead atoms. The predicted octanol–water partition coefficient (Wildman–Crippen LogP) is 1.79. The lowest BCUT2D eigenvalue weighted by Crippen LogP contribution is -2.47. The average molecular weight is 224 g/mol. The molecular weight excluding hydrogens is 204 g/mol. The molecule has 2 fully saturated rings. The summed E-state index contributed by atoms with van der Waals surface area (Å²) in [6, 6.07) is 0. The summed E-state index contributed by atoms with van der Waals surface area (Å²) in [5, 5.41) is 9.74. The van der Waals surface area contributed by atoms with Gasteiger partial charge in [-0.1, -0.05) is 25.5 Å². The van der Waals surface area contributed by atoms with Crippen LogP contribution in [0.5, 0.6) is 0 Å². The fraction of sp³-hybridized carbons (Fsp3) is 0.846. The number of fused-ring (bicyclic) bond motifs is 1. The monoisotopic (exact) mass is 224 g/mol. The smallest absolute Gasteiger partial charge is 0.115 e. The third-order valence-electron chi connectivity index (χ3n) is 4.11. The summed E-state index contributed by atoms with van der Waals surface area (Å²) in [4.78, 5) is 0. The average Bonchev–Trinajstić information content (AvgIpc) is 2.59. The molecule has 16 heavy (non-hydrogen) atoms. The van der Waals surface area contributed by atoms with E-state index in [-0.39, 0.29) is 17.8 Å². The minimum Gasteiger partial charge on any atom is -0.386 e. The van der Waals surface area contributed by atoms with Crippen molar-refractivity contribution in [3.63, 3.8) is 0 Å². The normalized spacial score (nSPS) is 50.4. The minimum atomic E-state index is -0.440. The highest BCUT2D eigenvalue weighted by atomic mass is 16.6. The third-order valence-corrected chi connectivity index (χ3v) is 4.11. The number of ether oxygens (including phenoxy) is 2. The Morgan fingerprint density at radius 2 is 2.31 bits per heavy atom. The first kappa shape index (κ1) is 10.8. The van der Waals surface area contributed by atoms with Gasteiger partial charge >= 0.3 is 0 Å². The number of rotatable bonds is 2. The van der Waals surface area contributed by atoms with Crippen LogP contribution in [0.1, 0.15) is 39.0 Å². The van der Waals surface area contributed by atoms with Gasteiger partial charge in [0.25, 0.3) is 0 Å². The molecule has 0 amide bonds. The molecule has 3 heteroatoms. The van der Waals surface area contributed by atoms with Crippen molar-refractivity contribution in [2.24, 2.45) is 0 Å². The van der Waals surface area contributed by atoms with Crippen molar-refractivity contribution in [1.82, 2.24) is 0 Å². The van der Waals surface area contributed by atoms with Gasteiger partial charge in [-0.15, -0.1) is 0 Å². The molecule has 1 N–H and O–H groups in total. The van der Waals surface area contributed by atoms with Crippen molar-refractivity contribution in [3.05, 3.63) is 12.2 Å². The van der Waals surface area contributed by atoms with E-state index in [0.29, 0.717) is 6.10 Å². The quantitative estimate of drug-likeness (QED) is 0.727. The maximum Gasteiger partial charge on any atom is 0.115 e. The second-order valence-electron chi connectivity index (χ2n) is 5.28. The lowest BCUT2D eigenvalue weighted by molar-refractivity contribution is -0.141. The molecule has 0 saturated carbocycles. The van der Waals surface area contributed by atoms with Crippen LogP contribution in [0, 0.1) is 0 Å². The summed E-state index contributed by atoms with van der Waals surface area (Å²) in [6.45, 7) is 2.20. The summed E-state index contributed by atoms with van der Waals surface area (Å²) < 4.78 is 12.1. The Hall–Kier alpha value is -0.380. The molecule has 0 radical (unpaired) electrons. The number of aliphatic hydroxyl groups is 1. The molecule has 2 aliphatic heterocycles. The highest BCUT2D eigenvalue weighted by molar-refractivity contribution is 5.21. The van der Waals surface area contributed by atoms with E-state index in [1.165, 1.54) is 6.42 Å². The third kappa shape index (κ3) is 1.53. The Bertz CT molecular complexity index is 302. The fourth-order valence-corrected chi connectivity index (χ4v) is 3.29. The van der Waals surface area contributed by atoms with Crippen molar-refractivity contribution in [2.45, 2.75) is 69.0 Å². The van der Waals surface area contributed by atoms with Crippen LogP contribution in [0.3, 0.4) is 0 Å². The summed E-state index contributed by atoms with van der Waals surface area (Å²) in [6.07, 6.45) is 9.25. The van der Waals surface area contributed by atoms with Gasteiger partial charge in [-0.25, -0.2) is 0 Å². The second-order valence-corrected chi connectivity index (χ2v) is 5.28. The first-order valence-corrected chi connectivity index (χ1v) is 6.44. The van der Waals surface area contributed by atoms with E-state index in [2.05, 4.69) is 6.92 Å². The number of aliphatic hydroxyl groups excluding tert-OH is 1. The standard InChI is InChI=1S/C13H20O3/c1-2-3-9-4-5-12-13(16-9)7-6-10(14)11(8-13)15-12/h6-7,9-12,14H,2-5,8H2,1H3/t9?,10-,11-,12+,13?/m1/s1. The SMILES string of the molecule is CCCC1CC[C@@H]2O[C@@H]3CC2(C=C[C@H]3O)O1. The molecule has 0 aromatic carbocycles. The Morgan fingerprint density at radius 3 is 3.12 bits per heavy atom. The summed E-state index contributed by atoms with van der Waals surface area (Å²) in [7, 11) is 0. The van der Waals surface area contributed by atoms with Gasteiger partial charge in [0.15, 0.2) is 0 Å². The number of hydrogen-bond acceptors (Lipinski definition) is 3.